The Morgan fingerprint density at radius 2 is 1.63 bits per heavy atom. The van der Waals surface area contributed by atoms with Crippen molar-refractivity contribution >= 4 is 17.5 Å². The van der Waals surface area contributed by atoms with Crippen LogP contribution >= 0.6 is 11.6 Å². The second-order valence-corrected chi connectivity index (χ2v) is 4.34. The van der Waals surface area contributed by atoms with Crippen LogP contribution in [0.15, 0.2) is 42.5 Å². The van der Waals surface area contributed by atoms with Gasteiger partial charge in [-0.15, -0.1) is 0 Å². The van der Waals surface area contributed by atoms with Crippen LogP contribution < -0.4 is 5.32 Å². The fraction of sp³-hybridized carbons (Fsp3) is 0.0714. The topological polar surface area (TPSA) is 29.1 Å². The molecule has 0 heterocycles. The van der Waals surface area contributed by atoms with Crippen molar-refractivity contribution in [3.8, 4) is 0 Å². The third kappa shape index (κ3) is 3.29. The SMILES string of the molecule is O=C(NCc1ccc(Cl)cc1)c1c(F)cccc1F. The van der Waals surface area contributed by atoms with E-state index in [4.69, 9.17) is 11.6 Å². The molecule has 2 rings (SSSR count). The Labute approximate surface area is 114 Å². The van der Waals surface area contributed by atoms with Crippen molar-refractivity contribution in [3.05, 3.63) is 70.2 Å². The number of benzene rings is 2. The van der Waals surface area contributed by atoms with Gasteiger partial charge in [0.1, 0.15) is 17.2 Å². The molecule has 0 radical (unpaired) electrons. The Balaban J connectivity index is 2.07. The zero-order valence-corrected chi connectivity index (χ0v) is 10.5. The summed E-state index contributed by atoms with van der Waals surface area (Å²) in [5.74, 6) is -2.55. The maximum absolute atomic E-state index is 13.4. The largest absolute Gasteiger partial charge is 0.348 e. The fourth-order valence-electron chi connectivity index (χ4n) is 1.59. The van der Waals surface area contributed by atoms with Crippen LogP contribution in [0.3, 0.4) is 0 Å². The molecule has 0 aliphatic rings. The van der Waals surface area contributed by atoms with Crippen molar-refractivity contribution in [1.29, 1.82) is 0 Å². The van der Waals surface area contributed by atoms with Gasteiger partial charge in [0, 0.05) is 11.6 Å². The molecular weight excluding hydrogens is 272 g/mol. The molecule has 0 aliphatic heterocycles. The molecule has 2 aromatic rings. The number of nitrogens with one attached hydrogen (secondary N) is 1. The molecule has 1 N–H and O–H groups in total. The molecule has 98 valence electrons. The van der Waals surface area contributed by atoms with E-state index in [0.29, 0.717) is 5.02 Å². The quantitative estimate of drug-likeness (QED) is 0.916. The van der Waals surface area contributed by atoms with Crippen LogP contribution in [0.5, 0.6) is 0 Å². The number of halogens is 3. The van der Waals surface area contributed by atoms with Crippen LogP contribution in [0.2, 0.25) is 5.02 Å². The smallest absolute Gasteiger partial charge is 0.257 e. The lowest BCUT2D eigenvalue weighted by Crippen LogP contribution is -2.25. The highest BCUT2D eigenvalue weighted by atomic mass is 35.5. The lowest BCUT2D eigenvalue weighted by atomic mass is 10.1. The van der Waals surface area contributed by atoms with Crippen LogP contribution in [0, 0.1) is 11.6 Å². The second-order valence-electron chi connectivity index (χ2n) is 3.91. The van der Waals surface area contributed by atoms with E-state index in [1.54, 1.807) is 24.3 Å². The minimum Gasteiger partial charge on any atom is -0.348 e. The highest BCUT2D eigenvalue weighted by molar-refractivity contribution is 6.30. The normalized spacial score (nSPS) is 10.3. The lowest BCUT2D eigenvalue weighted by Gasteiger charge is -2.07. The predicted molar refractivity (Wildman–Crippen MR) is 69.0 cm³/mol. The molecule has 0 aromatic heterocycles. The molecule has 1 amide bonds. The van der Waals surface area contributed by atoms with E-state index in [2.05, 4.69) is 5.32 Å². The number of amides is 1. The molecule has 0 fully saturated rings. The first-order valence-corrected chi connectivity index (χ1v) is 5.92. The van der Waals surface area contributed by atoms with E-state index in [-0.39, 0.29) is 6.54 Å². The summed E-state index contributed by atoms with van der Waals surface area (Å²) in [6.45, 7) is 0.170. The number of hydrogen-bond acceptors (Lipinski definition) is 1. The molecule has 0 spiro atoms. The van der Waals surface area contributed by atoms with E-state index < -0.39 is 23.1 Å². The van der Waals surface area contributed by atoms with Crippen molar-refractivity contribution in [3.63, 3.8) is 0 Å². The summed E-state index contributed by atoms with van der Waals surface area (Å²) < 4.78 is 26.7. The Morgan fingerprint density at radius 1 is 1.05 bits per heavy atom. The summed E-state index contributed by atoms with van der Waals surface area (Å²) in [6.07, 6.45) is 0. The molecule has 0 bridgehead atoms. The number of carbonyl (C=O) groups excluding carboxylic acids is 1. The van der Waals surface area contributed by atoms with Gasteiger partial charge in [-0.05, 0) is 29.8 Å². The van der Waals surface area contributed by atoms with Crippen LogP contribution in [0.1, 0.15) is 15.9 Å². The molecule has 0 atom stereocenters. The standard InChI is InChI=1S/C14H10ClF2NO/c15-10-6-4-9(5-7-10)8-18-14(19)13-11(16)2-1-3-12(13)17/h1-7H,8H2,(H,18,19). The third-order valence-corrected chi connectivity index (χ3v) is 2.81. The average molecular weight is 282 g/mol. The molecule has 19 heavy (non-hydrogen) atoms. The first-order chi connectivity index (χ1) is 9.08. The van der Waals surface area contributed by atoms with Gasteiger partial charge in [-0.2, -0.15) is 0 Å². The summed E-state index contributed by atoms with van der Waals surface area (Å²) in [5, 5.41) is 3.03. The third-order valence-electron chi connectivity index (χ3n) is 2.56. The highest BCUT2D eigenvalue weighted by Gasteiger charge is 2.16. The molecule has 0 unspecified atom stereocenters. The Morgan fingerprint density at radius 3 is 2.21 bits per heavy atom. The fourth-order valence-corrected chi connectivity index (χ4v) is 1.71. The second kappa shape index (κ2) is 5.80. The van der Waals surface area contributed by atoms with E-state index in [0.717, 1.165) is 17.7 Å². The van der Waals surface area contributed by atoms with Crippen molar-refractivity contribution in [2.24, 2.45) is 0 Å². The maximum atomic E-state index is 13.4. The Kier molecular flexibility index (Phi) is 4.12. The van der Waals surface area contributed by atoms with Gasteiger partial charge in [-0.25, -0.2) is 8.78 Å². The highest BCUT2D eigenvalue weighted by Crippen LogP contribution is 2.13. The minimum absolute atomic E-state index is 0.170. The Bertz CT molecular complexity index is 579. The van der Waals surface area contributed by atoms with Gasteiger partial charge in [0.2, 0.25) is 0 Å². The molecule has 0 saturated heterocycles. The summed E-state index contributed by atoms with van der Waals surface area (Å²) in [4.78, 5) is 11.7. The maximum Gasteiger partial charge on any atom is 0.257 e. The minimum atomic E-state index is -0.881. The number of carbonyl (C=O) groups is 1. The molecule has 2 nitrogen and oxygen atoms in total. The van der Waals surface area contributed by atoms with Gasteiger partial charge in [-0.1, -0.05) is 29.8 Å². The molecule has 2 aromatic carbocycles. The van der Waals surface area contributed by atoms with Crippen LogP contribution in [0.4, 0.5) is 8.78 Å². The molecule has 0 saturated carbocycles. The van der Waals surface area contributed by atoms with Gasteiger partial charge in [0.05, 0.1) is 0 Å². The summed E-state index contributed by atoms with van der Waals surface area (Å²) in [5.41, 5.74) is 0.214. The summed E-state index contributed by atoms with van der Waals surface area (Å²) >= 11 is 5.73. The van der Waals surface area contributed by atoms with Gasteiger partial charge >= 0.3 is 0 Å². The first-order valence-electron chi connectivity index (χ1n) is 5.54. The van der Waals surface area contributed by atoms with Crippen LogP contribution in [-0.4, -0.2) is 5.91 Å². The number of hydrogen-bond donors (Lipinski definition) is 1. The van der Waals surface area contributed by atoms with Crippen molar-refractivity contribution in [2.75, 3.05) is 0 Å². The Hall–Kier alpha value is -1.94. The zero-order chi connectivity index (χ0) is 13.8. The molecule has 5 heteroatoms. The zero-order valence-electron chi connectivity index (χ0n) is 9.79. The number of rotatable bonds is 3. The van der Waals surface area contributed by atoms with Gasteiger partial charge in [-0.3, -0.25) is 4.79 Å². The van der Waals surface area contributed by atoms with Crippen LogP contribution in [0.25, 0.3) is 0 Å². The van der Waals surface area contributed by atoms with Crippen molar-refractivity contribution < 1.29 is 13.6 Å². The van der Waals surface area contributed by atoms with E-state index in [1.807, 2.05) is 0 Å². The van der Waals surface area contributed by atoms with Crippen molar-refractivity contribution in [2.45, 2.75) is 6.54 Å². The van der Waals surface area contributed by atoms with Gasteiger partial charge < -0.3 is 5.32 Å². The first kappa shape index (κ1) is 13.5. The lowest BCUT2D eigenvalue weighted by molar-refractivity contribution is 0.0942. The monoisotopic (exact) mass is 281 g/mol. The van der Waals surface area contributed by atoms with Gasteiger partial charge in [0.15, 0.2) is 0 Å². The van der Waals surface area contributed by atoms with E-state index >= 15 is 0 Å². The van der Waals surface area contributed by atoms with Crippen LogP contribution in [-0.2, 0) is 6.54 Å². The average Bonchev–Trinajstić information content (AvgIpc) is 2.38. The van der Waals surface area contributed by atoms with Gasteiger partial charge in [0.25, 0.3) is 5.91 Å². The summed E-state index contributed by atoms with van der Waals surface area (Å²) in [7, 11) is 0. The van der Waals surface area contributed by atoms with E-state index in [9.17, 15) is 13.6 Å². The van der Waals surface area contributed by atoms with Crippen molar-refractivity contribution in [1.82, 2.24) is 5.32 Å². The molecule has 0 aliphatic carbocycles. The van der Waals surface area contributed by atoms with E-state index in [1.165, 1.54) is 6.07 Å². The molecular formula is C14H10ClF2NO. The predicted octanol–water partition coefficient (Wildman–Crippen LogP) is 3.55. The summed E-state index contributed by atoms with van der Waals surface area (Å²) in [6, 6.07) is 10.1.